The van der Waals surface area contributed by atoms with Crippen LogP contribution in [-0.2, 0) is 18.9 Å². The van der Waals surface area contributed by atoms with Gasteiger partial charge in [-0.25, -0.2) is 0 Å². The van der Waals surface area contributed by atoms with E-state index in [0.29, 0.717) is 46.2 Å². The SMILES string of the molecule is CC1(C)CNCCOCCOCCNCCOCCO1. The maximum atomic E-state index is 5.81. The minimum Gasteiger partial charge on any atom is -0.378 e. The maximum absolute atomic E-state index is 5.81. The van der Waals surface area contributed by atoms with E-state index in [2.05, 4.69) is 24.5 Å². The molecular weight excluding hydrogens is 260 g/mol. The second kappa shape index (κ2) is 11.4. The lowest BCUT2D eigenvalue weighted by Crippen LogP contribution is -2.39. The molecule has 0 saturated carbocycles. The molecule has 1 rings (SSSR count). The van der Waals surface area contributed by atoms with E-state index < -0.39 is 0 Å². The summed E-state index contributed by atoms with van der Waals surface area (Å²) in [6.07, 6.45) is 0. The summed E-state index contributed by atoms with van der Waals surface area (Å²) in [7, 11) is 0. The maximum Gasteiger partial charge on any atom is 0.0751 e. The molecule has 1 heterocycles. The molecule has 0 amide bonds. The number of hydrogen-bond donors (Lipinski definition) is 2. The van der Waals surface area contributed by atoms with Crippen LogP contribution in [0.15, 0.2) is 0 Å². The molecule has 1 saturated heterocycles. The number of hydrogen-bond acceptors (Lipinski definition) is 6. The number of ether oxygens (including phenoxy) is 4. The molecule has 6 nitrogen and oxygen atoms in total. The first-order chi connectivity index (χ1) is 9.71. The third kappa shape index (κ3) is 10.5. The van der Waals surface area contributed by atoms with E-state index in [0.717, 1.165) is 26.2 Å². The Morgan fingerprint density at radius 3 is 1.75 bits per heavy atom. The zero-order chi connectivity index (χ0) is 14.5. The highest BCUT2D eigenvalue weighted by Gasteiger charge is 2.17. The molecule has 1 aliphatic rings. The van der Waals surface area contributed by atoms with Gasteiger partial charge in [-0.05, 0) is 13.8 Å². The molecule has 20 heavy (non-hydrogen) atoms. The van der Waals surface area contributed by atoms with Crippen LogP contribution in [0, 0.1) is 0 Å². The zero-order valence-corrected chi connectivity index (χ0v) is 12.9. The molecule has 0 bridgehead atoms. The van der Waals surface area contributed by atoms with Crippen molar-refractivity contribution in [2.75, 3.05) is 72.4 Å². The average Bonchev–Trinajstić information content (AvgIpc) is 2.41. The fourth-order valence-electron chi connectivity index (χ4n) is 1.80. The highest BCUT2D eigenvalue weighted by Crippen LogP contribution is 2.06. The highest BCUT2D eigenvalue weighted by molar-refractivity contribution is 4.71. The first-order valence-electron chi connectivity index (χ1n) is 7.49. The molecular formula is C14H30N2O4. The van der Waals surface area contributed by atoms with Crippen LogP contribution in [0.3, 0.4) is 0 Å². The van der Waals surface area contributed by atoms with Gasteiger partial charge in [0.2, 0.25) is 0 Å². The summed E-state index contributed by atoms with van der Waals surface area (Å²) in [5.74, 6) is 0. The molecule has 1 aliphatic heterocycles. The predicted molar refractivity (Wildman–Crippen MR) is 78.2 cm³/mol. The van der Waals surface area contributed by atoms with Crippen LogP contribution in [0.2, 0.25) is 0 Å². The normalized spacial score (nSPS) is 25.5. The molecule has 6 heteroatoms. The monoisotopic (exact) mass is 290 g/mol. The van der Waals surface area contributed by atoms with Crippen molar-refractivity contribution in [3.8, 4) is 0 Å². The summed E-state index contributed by atoms with van der Waals surface area (Å²) in [4.78, 5) is 0. The van der Waals surface area contributed by atoms with Gasteiger partial charge in [-0.3, -0.25) is 0 Å². The van der Waals surface area contributed by atoms with Gasteiger partial charge in [-0.2, -0.15) is 0 Å². The molecule has 0 aromatic carbocycles. The van der Waals surface area contributed by atoms with Gasteiger partial charge in [-0.15, -0.1) is 0 Å². The van der Waals surface area contributed by atoms with Crippen molar-refractivity contribution in [1.29, 1.82) is 0 Å². The largest absolute Gasteiger partial charge is 0.378 e. The Labute approximate surface area is 122 Å². The van der Waals surface area contributed by atoms with E-state index in [1.807, 2.05) is 0 Å². The van der Waals surface area contributed by atoms with E-state index in [1.165, 1.54) is 0 Å². The lowest BCUT2D eigenvalue weighted by molar-refractivity contribution is -0.0452. The van der Waals surface area contributed by atoms with Crippen molar-refractivity contribution in [2.45, 2.75) is 19.4 Å². The molecule has 0 spiro atoms. The second-order valence-electron chi connectivity index (χ2n) is 5.37. The Kier molecular flexibility index (Phi) is 10.2. The van der Waals surface area contributed by atoms with Gasteiger partial charge in [-0.1, -0.05) is 0 Å². The third-order valence-electron chi connectivity index (χ3n) is 2.91. The van der Waals surface area contributed by atoms with E-state index in [4.69, 9.17) is 18.9 Å². The van der Waals surface area contributed by atoms with Gasteiger partial charge in [0.25, 0.3) is 0 Å². The van der Waals surface area contributed by atoms with E-state index >= 15 is 0 Å². The first kappa shape index (κ1) is 17.8. The van der Waals surface area contributed by atoms with Crippen LogP contribution in [0.1, 0.15) is 13.8 Å². The Bertz CT molecular complexity index is 207. The lowest BCUT2D eigenvalue weighted by Gasteiger charge is -2.26. The van der Waals surface area contributed by atoms with E-state index in [1.54, 1.807) is 0 Å². The van der Waals surface area contributed by atoms with E-state index in [-0.39, 0.29) is 5.60 Å². The Morgan fingerprint density at radius 1 is 0.650 bits per heavy atom. The second-order valence-corrected chi connectivity index (χ2v) is 5.37. The summed E-state index contributed by atoms with van der Waals surface area (Å²) in [6, 6.07) is 0. The van der Waals surface area contributed by atoms with Crippen LogP contribution in [0.25, 0.3) is 0 Å². The number of rotatable bonds is 0. The Morgan fingerprint density at radius 2 is 1.15 bits per heavy atom. The quantitative estimate of drug-likeness (QED) is 0.656. The Hall–Kier alpha value is -0.240. The van der Waals surface area contributed by atoms with Gasteiger partial charge in [0.1, 0.15) is 0 Å². The van der Waals surface area contributed by atoms with Crippen molar-refractivity contribution < 1.29 is 18.9 Å². The molecule has 1 fully saturated rings. The van der Waals surface area contributed by atoms with Crippen LogP contribution in [0.5, 0.6) is 0 Å². The highest BCUT2D eigenvalue weighted by atomic mass is 16.5. The summed E-state index contributed by atoms with van der Waals surface area (Å²) in [5.41, 5.74) is -0.184. The molecule has 0 unspecified atom stereocenters. The van der Waals surface area contributed by atoms with Crippen molar-refractivity contribution >= 4 is 0 Å². The number of nitrogens with one attached hydrogen (secondary N) is 2. The van der Waals surface area contributed by atoms with E-state index in [9.17, 15) is 0 Å². The lowest BCUT2D eigenvalue weighted by atomic mass is 10.1. The molecule has 0 radical (unpaired) electrons. The van der Waals surface area contributed by atoms with Crippen molar-refractivity contribution in [2.24, 2.45) is 0 Å². The van der Waals surface area contributed by atoms with Gasteiger partial charge in [0, 0.05) is 26.2 Å². The third-order valence-corrected chi connectivity index (χ3v) is 2.91. The molecule has 2 N–H and O–H groups in total. The molecule has 0 aromatic heterocycles. The van der Waals surface area contributed by atoms with Crippen LogP contribution in [0.4, 0.5) is 0 Å². The topological polar surface area (TPSA) is 61.0 Å². The molecule has 0 aromatic rings. The first-order valence-corrected chi connectivity index (χ1v) is 7.49. The van der Waals surface area contributed by atoms with Gasteiger partial charge >= 0.3 is 0 Å². The fraction of sp³-hybridized carbons (Fsp3) is 1.00. The van der Waals surface area contributed by atoms with Gasteiger partial charge in [0.05, 0.1) is 51.8 Å². The standard InChI is InChI=1S/C14H30N2O4/c1-14(2)13-16-5-8-18-10-9-17-6-3-15-4-7-19-11-12-20-14/h15-16H,3-13H2,1-2H3. The summed E-state index contributed by atoms with van der Waals surface area (Å²) in [6.45, 7) is 12.1. The summed E-state index contributed by atoms with van der Waals surface area (Å²) >= 11 is 0. The van der Waals surface area contributed by atoms with Crippen LogP contribution >= 0.6 is 0 Å². The van der Waals surface area contributed by atoms with Gasteiger partial charge in [0.15, 0.2) is 0 Å². The molecule has 120 valence electrons. The van der Waals surface area contributed by atoms with Crippen LogP contribution in [-0.4, -0.2) is 78.0 Å². The smallest absolute Gasteiger partial charge is 0.0751 e. The average molecular weight is 290 g/mol. The van der Waals surface area contributed by atoms with Gasteiger partial charge < -0.3 is 29.6 Å². The molecule has 0 atom stereocenters. The summed E-state index contributed by atoms with van der Waals surface area (Å²) < 4.78 is 22.2. The zero-order valence-electron chi connectivity index (χ0n) is 12.9. The minimum atomic E-state index is -0.184. The fourth-order valence-corrected chi connectivity index (χ4v) is 1.80. The Balaban J connectivity index is 2.18. The minimum absolute atomic E-state index is 0.184. The summed E-state index contributed by atoms with van der Waals surface area (Å²) in [5, 5.41) is 6.60. The van der Waals surface area contributed by atoms with Crippen molar-refractivity contribution in [3.05, 3.63) is 0 Å². The van der Waals surface area contributed by atoms with Crippen molar-refractivity contribution in [1.82, 2.24) is 10.6 Å². The predicted octanol–water partition coefficient (Wildman–Crippen LogP) is 0.0242. The molecule has 0 aliphatic carbocycles. The van der Waals surface area contributed by atoms with Crippen molar-refractivity contribution in [3.63, 3.8) is 0 Å². The van der Waals surface area contributed by atoms with Crippen LogP contribution < -0.4 is 10.6 Å².